The van der Waals surface area contributed by atoms with Gasteiger partial charge in [-0.25, -0.2) is 0 Å². The molecular weight excluding hydrogens is 320 g/mol. The number of rotatable bonds is 6. The molecule has 0 unspecified atom stereocenters. The Morgan fingerprint density at radius 3 is 1.64 bits per heavy atom. The lowest BCUT2D eigenvalue weighted by Crippen LogP contribution is -2.48. The molecule has 8 heteroatoms. The van der Waals surface area contributed by atoms with E-state index in [-0.39, 0.29) is 0 Å². The van der Waals surface area contributed by atoms with Crippen LogP contribution < -0.4 is 5.73 Å². The van der Waals surface area contributed by atoms with Crippen LogP contribution in [0.25, 0.3) is 0 Å². The van der Waals surface area contributed by atoms with Crippen molar-refractivity contribution in [3.8, 4) is 0 Å². The van der Waals surface area contributed by atoms with E-state index in [0.29, 0.717) is 9.98 Å². The number of nitrogens with two attached hydrogens (primary N) is 1. The summed E-state index contributed by atoms with van der Waals surface area (Å²) in [5, 5.41) is 0. The first-order chi connectivity index (χ1) is 10.7. The van der Waals surface area contributed by atoms with Gasteiger partial charge in [0, 0.05) is 52.4 Å². The van der Waals surface area contributed by atoms with Crippen molar-refractivity contribution in [2.45, 2.75) is 0 Å². The summed E-state index contributed by atoms with van der Waals surface area (Å²) in [7, 11) is 0. The molecule has 0 atom stereocenters. The maximum atomic E-state index is 5.74. The number of hydrogen-bond donors (Lipinski definition) is 1. The van der Waals surface area contributed by atoms with E-state index in [4.69, 9.17) is 39.6 Å². The van der Waals surface area contributed by atoms with Gasteiger partial charge in [0.15, 0.2) is 0 Å². The predicted octanol–water partition coefficient (Wildman–Crippen LogP) is -0.434. The molecule has 126 valence electrons. The lowest BCUT2D eigenvalue weighted by atomic mass is 10.3. The normalized spacial score (nSPS) is 20.7. The van der Waals surface area contributed by atoms with Crippen molar-refractivity contribution < 1.29 is 9.47 Å². The minimum atomic E-state index is 0.318. The highest BCUT2D eigenvalue weighted by atomic mass is 32.1. The predicted molar refractivity (Wildman–Crippen MR) is 95.5 cm³/mol. The number of hydrogen-bond acceptors (Lipinski definition) is 6. The Kier molecular flexibility index (Phi) is 7.91. The second-order valence-corrected chi connectivity index (χ2v) is 6.39. The number of nitrogens with zero attached hydrogens (tertiary/aromatic N) is 3. The Bertz CT molecular complexity index is 350. The second-order valence-electron chi connectivity index (χ2n) is 5.56. The maximum Gasteiger partial charge on any atom is 0.136 e. The molecule has 2 aliphatic heterocycles. The molecule has 0 aromatic carbocycles. The first-order valence-corrected chi connectivity index (χ1v) is 8.67. The van der Waals surface area contributed by atoms with Crippen LogP contribution in [0.3, 0.4) is 0 Å². The minimum Gasteiger partial charge on any atom is -0.388 e. The fourth-order valence-electron chi connectivity index (χ4n) is 2.64. The fraction of sp³-hybridized carbons (Fsp3) is 0.857. The van der Waals surface area contributed by atoms with Crippen molar-refractivity contribution >= 4 is 34.4 Å². The van der Waals surface area contributed by atoms with Crippen LogP contribution in [0.2, 0.25) is 0 Å². The molecule has 0 saturated carbocycles. The molecule has 2 heterocycles. The van der Waals surface area contributed by atoms with Gasteiger partial charge in [-0.2, -0.15) is 0 Å². The van der Waals surface area contributed by atoms with Crippen molar-refractivity contribution in [2.75, 3.05) is 78.8 Å². The highest BCUT2D eigenvalue weighted by molar-refractivity contribution is 7.89. The lowest BCUT2D eigenvalue weighted by Gasteiger charge is -2.33. The Morgan fingerprint density at radius 2 is 1.27 bits per heavy atom. The molecule has 2 fully saturated rings. The zero-order valence-corrected chi connectivity index (χ0v) is 14.7. The van der Waals surface area contributed by atoms with E-state index in [1.807, 2.05) is 0 Å². The van der Waals surface area contributed by atoms with Crippen LogP contribution in [0.5, 0.6) is 0 Å². The van der Waals surface area contributed by atoms with Gasteiger partial charge in [0.25, 0.3) is 0 Å². The standard InChI is InChI=1S/C14H26N4O2S2/c15-13(21)14(22)18(3-1-16-5-9-19-10-6-16)4-2-17-7-11-20-12-8-17/h1-12H2,(H2,15,21). The van der Waals surface area contributed by atoms with E-state index < -0.39 is 0 Å². The average Bonchev–Trinajstić information content (AvgIpc) is 2.56. The van der Waals surface area contributed by atoms with E-state index in [1.54, 1.807) is 0 Å². The van der Waals surface area contributed by atoms with Crippen molar-refractivity contribution in [1.82, 2.24) is 14.7 Å². The molecule has 0 bridgehead atoms. The van der Waals surface area contributed by atoms with Gasteiger partial charge in [-0.05, 0) is 0 Å². The molecule has 0 aromatic rings. The summed E-state index contributed by atoms with van der Waals surface area (Å²) in [4.78, 5) is 7.86. The van der Waals surface area contributed by atoms with Crippen LogP contribution in [-0.4, -0.2) is 103 Å². The Labute approximate surface area is 143 Å². The molecule has 0 aliphatic carbocycles. The van der Waals surface area contributed by atoms with Gasteiger partial charge in [-0.3, -0.25) is 9.80 Å². The maximum absolute atomic E-state index is 5.74. The summed E-state index contributed by atoms with van der Waals surface area (Å²) in [6.45, 7) is 10.8. The van der Waals surface area contributed by atoms with Crippen molar-refractivity contribution in [2.24, 2.45) is 5.73 Å². The van der Waals surface area contributed by atoms with Crippen LogP contribution in [0, 0.1) is 0 Å². The van der Waals surface area contributed by atoms with E-state index in [0.717, 1.165) is 78.8 Å². The van der Waals surface area contributed by atoms with Crippen LogP contribution >= 0.6 is 24.4 Å². The Balaban J connectivity index is 1.79. The summed E-state index contributed by atoms with van der Waals surface area (Å²) in [6, 6.07) is 0. The molecule has 6 nitrogen and oxygen atoms in total. The summed E-state index contributed by atoms with van der Waals surface area (Å²) in [5.41, 5.74) is 5.74. The van der Waals surface area contributed by atoms with Crippen molar-refractivity contribution in [3.05, 3.63) is 0 Å². The summed E-state index contributed by atoms with van der Waals surface area (Å²) < 4.78 is 10.8. The highest BCUT2D eigenvalue weighted by Gasteiger charge is 2.17. The molecule has 0 aromatic heterocycles. The SMILES string of the molecule is NC(=S)C(=S)N(CCN1CCOCC1)CCN1CCOCC1. The van der Waals surface area contributed by atoms with Gasteiger partial charge >= 0.3 is 0 Å². The summed E-state index contributed by atoms with van der Waals surface area (Å²) in [5.74, 6) is 0. The molecule has 22 heavy (non-hydrogen) atoms. The summed E-state index contributed by atoms with van der Waals surface area (Å²) >= 11 is 10.5. The third kappa shape index (κ3) is 6.02. The average molecular weight is 347 g/mol. The molecule has 2 saturated heterocycles. The fourth-order valence-corrected chi connectivity index (χ4v) is 2.96. The smallest absolute Gasteiger partial charge is 0.136 e. The van der Waals surface area contributed by atoms with E-state index in [1.165, 1.54) is 0 Å². The third-order valence-corrected chi connectivity index (χ3v) is 4.88. The topological polar surface area (TPSA) is 54.2 Å². The monoisotopic (exact) mass is 346 g/mol. The molecule has 2 aliphatic rings. The Morgan fingerprint density at radius 1 is 0.864 bits per heavy atom. The van der Waals surface area contributed by atoms with E-state index in [2.05, 4.69) is 14.7 Å². The van der Waals surface area contributed by atoms with E-state index >= 15 is 0 Å². The molecule has 0 radical (unpaired) electrons. The molecular formula is C14H26N4O2S2. The first kappa shape index (κ1) is 18.0. The summed E-state index contributed by atoms with van der Waals surface area (Å²) in [6.07, 6.45) is 0. The minimum absolute atomic E-state index is 0.318. The quantitative estimate of drug-likeness (QED) is 0.650. The third-order valence-electron chi connectivity index (χ3n) is 4.08. The first-order valence-electron chi connectivity index (χ1n) is 7.86. The Hall–Kier alpha value is -0.380. The van der Waals surface area contributed by atoms with Crippen LogP contribution in [-0.2, 0) is 9.47 Å². The number of ether oxygens (including phenoxy) is 2. The van der Waals surface area contributed by atoms with Gasteiger partial charge in [0.05, 0.1) is 26.4 Å². The van der Waals surface area contributed by atoms with Crippen LogP contribution in [0.4, 0.5) is 0 Å². The van der Waals surface area contributed by atoms with Crippen LogP contribution in [0.1, 0.15) is 0 Å². The van der Waals surface area contributed by atoms with Crippen molar-refractivity contribution in [3.63, 3.8) is 0 Å². The van der Waals surface area contributed by atoms with Gasteiger partial charge in [-0.15, -0.1) is 0 Å². The van der Waals surface area contributed by atoms with Gasteiger partial charge in [0.2, 0.25) is 0 Å². The van der Waals surface area contributed by atoms with Gasteiger partial charge in [-0.1, -0.05) is 24.4 Å². The molecule has 2 N–H and O–H groups in total. The zero-order valence-electron chi connectivity index (χ0n) is 13.0. The van der Waals surface area contributed by atoms with Gasteiger partial charge < -0.3 is 20.1 Å². The van der Waals surface area contributed by atoms with Crippen molar-refractivity contribution in [1.29, 1.82) is 0 Å². The van der Waals surface area contributed by atoms with Gasteiger partial charge in [0.1, 0.15) is 9.98 Å². The molecule has 0 spiro atoms. The number of thiocarbonyl (C=S) groups is 2. The largest absolute Gasteiger partial charge is 0.388 e. The van der Waals surface area contributed by atoms with E-state index in [9.17, 15) is 0 Å². The zero-order chi connectivity index (χ0) is 15.8. The highest BCUT2D eigenvalue weighted by Crippen LogP contribution is 2.02. The molecule has 0 amide bonds. The second kappa shape index (κ2) is 9.69. The number of morpholine rings is 2. The molecule has 2 rings (SSSR count). The van der Waals surface area contributed by atoms with Crippen LogP contribution in [0.15, 0.2) is 0 Å². The lowest BCUT2D eigenvalue weighted by molar-refractivity contribution is 0.0308.